The average Bonchev–Trinajstić information content (AvgIpc) is 2.46. The predicted octanol–water partition coefficient (Wildman–Crippen LogP) is 4.12. The Kier molecular flexibility index (Phi) is 4.49. The SMILES string of the molecule is CC(=O)N(C)c1ncc(-c2ccc(F)c(C(F)F)c2)cc1C. The van der Waals surface area contributed by atoms with Crippen molar-refractivity contribution in [3.63, 3.8) is 0 Å². The number of benzene rings is 1. The molecular formula is C16H15F3N2O. The van der Waals surface area contributed by atoms with Crippen LogP contribution in [0.15, 0.2) is 30.5 Å². The van der Waals surface area contributed by atoms with E-state index >= 15 is 0 Å². The van der Waals surface area contributed by atoms with Crippen molar-refractivity contribution in [1.29, 1.82) is 0 Å². The summed E-state index contributed by atoms with van der Waals surface area (Å²) in [6, 6.07) is 5.28. The maximum atomic E-state index is 13.3. The smallest absolute Gasteiger partial charge is 0.266 e. The highest BCUT2D eigenvalue weighted by molar-refractivity contribution is 5.90. The number of alkyl halides is 2. The molecule has 0 radical (unpaired) electrons. The van der Waals surface area contributed by atoms with Crippen LogP contribution < -0.4 is 4.90 Å². The van der Waals surface area contributed by atoms with Crippen LogP contribution in [0, 0.1) is 12.7 Å². The van der Waals surface area contributed by atoms with Gasteiger partial charge in [0.15, 0.2) is 0 Å². The van der Waals surface area contributed by atoms with Gasteiger partial charge in [0.2, 0.25) is 5.91 Å². The molecule has 0 saturated carbocycles. The molecule has 0 aliphatic rings. The number of rotatable bonds is 3. The topological polar surface area (TPSA) is 33.2 Å². The summed E-state index contributed by atoms with van der Waals surface area (Å²) in [5.74, 6) is -0.603. The lowest BCUT2D eigenvalue weighted by Gasteiger charge is -2.17. The summed E-state index contributed by atoms with van der Waals surface area (Å²) >= 11 is 0. The molecule has 2 rings (SSSR count). The number of aromatic nitrogens is 1. The van der Waals surface area contributed by atoms with E-state index in [1.54, 1.807) is 20.0 Å². The van der Waals surface area contributed by atoms with Gasteiger partial charge in [-0.2, -0.15) is 0 Å². The van der Waals surface area contributed by atoms with Gasteiger partial charge in [0.1, 0.15) is 11.6 Å². The number of anilines is 1. The molecule has 0 bridgehead atoms. The van der Waals surface area contributed by atoms with Crippen LogP contribution in [0.1, 0.15) is 24.5 Å². The number of nitrogens with zero attached hydrogens (tertiary/aromatic N) is 2. The van der Waals surface area contributed by atoms with E-state index in [0.29, 0.717) is 16.9 Å². The standard InChI is InChI=1S/C16H15F3N2O/c1-9-6-12(8-20-16(9)21(3)10(2)22)11-4-5-14(17)13(7-11)15(18)19/h4-8,15H,1-3H3. The summed E-state index contributed by atoms with van der Waals surface area (Å²) in [5.41, 5.74) is 1.11. The van der Waals surface area contributed by atoms with E-state index in [0.717, 1.165) is 17.7 Å². The van der Waals surface area contributed by atoms with E-state index in [2.05, 4.69) is 4.98 Å². The number of carbonyl (C=O) groups is 1. The summed E-state index contributed by atoms with van der Waals surface area (Å²) in [6.45, 7) is 3.19. The first kappa shape index (κ1) is 16.0. The fourth-order valence-corrected chi connectivity index (χ4v) is 2.12. The van der Waals surface area contributed by atoms with E-state index in [1.165, 1.54) is 24.1 Å². The lowest BCUT2D eigenvalue weighted by Crippen LogP contribution is -2.24. The summed E-state index contributed by atoms with van der Waals surface area (Å²) in [5, 5.41) is 0. The first-order valence-corrected chi connectivity index (χ1v) is 6.60. The number of halogens is 3. The van der Waals surface area contributed by atoms with E-state index in [1.807, 2.05) is 0 Å². The molecule has 0 saturated heterocycles. The average molecular weight is 308 g/mol. The Morgan fingerprint density at radius 2 is 1.91 bits per heavy atom. The third kappa shape index (κ3) is 3.10. The molecule has 116 valence electrons. The van der Waals surface area contributed by atoms with E-state index < -0.39 is 17.8 Å². The van der Waals surface area contributed by atoms with Crippen LogP contribution in [0.2, 0.25) is 0 Å². The highest BCUT2D eigenvalue weighted by atomic mass is 19.3. The van der Waals surface area contributed by atoms with Crippen LogP contribution in [0.25, 0.3) is 11.1 Å². The van der Waals surface area contributed by atoms with Crippen LogP contribution in [0.5, 0.6) is 0 Å². The van der Waals surface area contributed by atoms with Gasteiger partial charge in [-0.05, 0) is 36.2 Å². The number of pyridine rings is 1. The zero-order chi connectivity index (χ0) is 16.4. The molecule has 1 aromatic heterocycles. The fraction of sp³-hybridized carbons (Fsp3) is 0.250. The van der Waals surface area contributed by atoms with E-state index in [9.17, 15) is 18.0 Å². The minimum Gasteiger partial charge on any atom is -0.300 e. The van der Waals surface area contributed by atoms with Crippen molar-refractivity contribution in [3.05, 3.63) is 47.4 Å². The van der Waals surface area contributed by atoms with Gasteiger partial charge < -0.3 is 0 Å². The van der Waals surface area contributed by atoms with Crippen molar-refractivity contribution in [1.82, 2.24) is 4.98 Å². The Balaban J connectivity index is 2.45. The van der Waals surface area contributed by atoms with Crippen molar-refractivity contribution in [2.75, 3.05) is 11.9 Å². The Hall–Kier alpha value is -2.37. The van der Waals surface area contributed by atoms with Crippen molar-refractivity contribution < 1.29 is 18.0 Å². The zero-order valence-corrected chi connectivity index (χ0v) is 12.4. The van der Waals surface area contributed by atoms with Crippen LogP contribution in [0.3, 0.4) is 0 Å². The van der Waals surface area contributed by atoms with Crippen molar-refractivity contribution in [2.45, 2.75) is 20.3 Å². The largest absolute Gasteiger partial charge is 0.300 e. The Labute approximate surface area is 126 Å². The number of hydrogen-bond acceptors (Lipinski definition) is 2. The molecule has 1 aromatic carbocycles. The second-order valence-corrected chi connectivity index (χ2v) is 4.98. The molecule has 0 aliphatic carbocycles. The Morgan fingerprint density at radius 3 is 2.45 bits per heavy atom. The molecule has 0 fully saturated rings. The summed E-state index contributed by atoms with van der Waals surface area (Å²) in [6.07, 6.45) is -1.40. The molecule has 0 atom stereocenters. The second-order valence-electron chi connectivity index (χ2n) is 4.98. The Bertz CT molecular complexity index is 717. The first-order chi connectivity index (χ1) is 10.3. The van der Waals surface area contributed by atoms with Gasteiger partial charge in [0.05, 0.1) is 5.56 Å². The highest BCUT2D eigenvalue weighted by Gasteiger charge is 2.16. The zero-order valence-electron chi connectivity index (χ0n) is 12.4. The number of aryl methyl sites for hydroxylation is 1. The molecule has 6 heteroatoms. The number of amides is 1. The summed E-state index contributed by atoms with van der Waals surface area (Å²) in [4.78, 5) is 17.0. The van der Waals surface area contributed by atoms with Gasteiger partial charge in [-0.15, -0.1) is 0 Å². The second kappa shape index (κ2) is 6.17. The van der Waals surface area contributed by atoms with Gasteiger partial charge >= 0.3 is 0 Å². The lowest BCUT2D eigenvalue weighted by atomic mass is 10.0. The van der Waals surface area contributed by atoms with Crippen molar-refractivity contribution in [2.24, 2.45) is 0 Å². The van der Waals surface area contributed by atoms with Crippen LogP contribution in [-0.4, -0.2) is 17.9 Å². The quantitative estimate of drug-likeness (QED) is 0.854. The van der Waals surface area contributed by atoms with E-state index in [-0.39, 0.29) is 5.91 Å². The third-order valence-corrected chi connectivity index (χ3v) is 3.41. The molecule has 0 unspecified atom stereocenters. The minimum absolute atomic E-state index is 0.162. The van der Waals surface area contributed by atoms with Crippen molar-refractivity contribution >= 4 is 11.7 Å². The normalized spacial score (nSPS) is 10.9. The van der Waals surface area contributed by atoms with Gasteiger partial charge in [-0.3, -0.25) is 9.69 Å². The monoisotopic (exact) mass is 308 g/mol. The van der Waals surface area contributed by atoms with Crippen LogP contribution in [0.4, 0.5) is 19.0 Å². The number of carbonyl (C=O) groups excluding carboxylic acids is 1. The first-order valence-electron chi connectivity index (χ1n) is 6.60. The van der Waals surface area contributed by atoms with Gasteiger partial charge in [-0.1, -0.05) is 6.07 Å². The molecule has 0 aliphatic heterocycles. The minimum atomic E-state index is -2.88. The molecule has 3 nitrogen and oxygen atoms in total. The predicted molar refractivity (Wildman–Crippen MR) is 78.4 cm³/mol. The Morgan fingerprint density at radius 1 is 1.23 bits per heavy atom. The number of hydrogen-bond donors (Lipinski definition) is 0. The van der Waals surface area contributed by atoms with Gasteiger partial charge in [0, 0.05) is 25.7 Å². The molecule has 0 N–H and O–H groups in total. The van der Waals surface area contributed by atoms with Crippen LogP contribution >= 0.6 is 0 Å². The van der Waals surface area contributed by atoms with E-state index in [4.69, 9.17) is 0 Å². The van der Waals surface area contributed by atoms with Gasteiger partial charge in [0.25, 0.3) is 6.43 Å². The fourth-order valence-electron chi connectivity index (χ4n) is 2.12. The molecular weight excluding hydrogens is 293 g/mol. The molecule has 22 heavy (non-hydrogen) atoms. The lowest BCUT2D eigenvalue weighted by molar-refractivity contribution is -0.116. The van der Waals surface area contributed by atoms with Crippen LogP contribution in [-0.2, 0) is 4.79 Å². The summed E-state index contributed by atoms with van der Waals surface area (Å²) in [7, 11) is 1.60. The summed E-state index contributed by atoms with van der Waals surface area (Å²) < 4.78 is 38.9. The van der Waals surface area contributed by atoms with Gasteiger partial charge in [-0.25, -0.2) is 18.2 Å². The molecule has 0 spiro atoms. The maximum Gasteiger partial charge on any atom is 0.266 e. The highest BCUT2D eigenvalue weighted by Crippen LogP contribution is 2.29. The third-order valence-electron chi connectivity index (χ3n) is 3.41. The maximum absolute atomic E-state index is 13.3. The molecule has 1 amide bonds. The molecule has 1 heterocycles. The molecule has 2 aromatic rings. The van der Waals surface area contributed by atoms with Crippen molar-refractivity contribution in [3.8, 4) is 11.1 Å².